The van der Waals surface area contributed by atoms with Crippen molar-refractivity contribution >= 4 is 5.95 Å². The molecule has 0 spiro atoms. The third kappa shape index (κ3) is 3.74. The molecule has 2 aliphatic heterocycles. The van der Waals surface area contributed by atoms with Gasteiger partial charge < -0.3 is 10.6 Å². The van der Waals surface area contributed by atoms with E-state index in [-0.39, 0.29) is 36.2 Å². The summed E-state index contributed by atoms with van der Waals surface area (Å²) in [6, 6.07) is 3.16. The molecule has 2 bridgehead atoms. The standard InChI is InChI=1S/C21H23F6N5/c22-20(23,24)15-4-2-1-3-13(15)14-7-8-16(21(25,26)27)32-18(14)30-19(31-32)29-17-11-5-6-12(17)10-28-9-11/h1-4,11-12,14,16-17,28H,5-10H2,(H,29,31). The number of nitrogens with zero attached hydrogens (tertiary/aromatic N) is 3. The van der Waals surface area contributed by atoms with Crippen LogP contribution < -0.4 is 10.6 Å². The number of hydrogen-bond acceptors (Lipinski definition) is 4. The smallest absolute Gasteiger partial charge is 0.350 e. The molecule has 4 atom stereocenters. The first-order chi connectivity index (χ1) is 15.1. The summed E-state index contributed by atoms with van der Waals surface area (Å²) in [6.07, 6.45) is -7.60. The number of piperidine rings is 1. The van der Waals surface area contributed by atoms with Crippen LogP contribution in [0.15, 0.2) is 24.3 Å². The molecule has 1 saturated heterocycles. The zero-order chi connectivity index (χ0) is 22.7. The van der Waals surface area contributed by atoms with Crippen LogP contribution in [-0.2, 0) is 6.18 Å². The molecule has 1 saturated carbocycles. The van der Waals surface area contributed by atoms with Crippen molar-refractivity contribution in [2.75, 3.05) is 18.4 Å². The van der Waals surface area contributed by atoms with Gasteiger partial charge in [-0.3, -0.25) is 0 Å². The van der Waals surface area contributed by atoms with Crippen molar-refractivity contribution in [3.05, 3.63) is 41.2 Å². The fourth-order valence-electron chi connectivity index (χ4n) is 5.56. The summed E-state index contributed by atoms with van der Waals surface area (Å²) >= 11 is 0. The number of alkyl halides is 6. The number of benzene rings is 1. The minimum absolute atomic E-state index is 0.0472. The summed E-state index contributed by atoms with van der Waals surface area (Å²) in [4.78, 5) is 4.34. The highest BCUT2D eigenvalue weighted by Gasteiger charge is 2.48. The Hall–Kier alpha value is -2.30. The molecule has 0 radical (unpaired) electrons. The van der Waals surface area contributed by atoms with Gasteiger partial charge in [0.15, 0.2) is 0 Å². The zero-order valence-corrected chi connectivity index (χ0v) is 17.0. The number of fused-ring (bicyclic) bond motifs is 3. The molecular formula is C21H23F6N5. The molecule has 3 heterocycles. The third-order valence-electron chi connectivity index (χ3n) is 7.05. The van der Waals surface area contributed by atoms with Crippen molar-refractivity contribution in [2.24, 2.45) is 11.8 Å². The molecule has 2 fully saturated rings. The van der Waals surface area contributed by atoms with Crippen LogP contribution in [0, 0.1) is 11.8 Å². The molecule has 174 valence electrons. The lowest BCUT2D eigenvalue weighted by atomic mass is 9.85. The molecule has 2 aromatic rings. The van der Waals surface area contributed by atoms with E-state index in [1.54, 1.807) is 0 Å². The number of hydrogen-bond donors (Lipinski definition) is 2. The van der Waals surface area contributed by atoms with E-state index >= 15 is 0 Å². The summed E-state index contributed by atoms with van der Waals surface area (Å²) < 4.78 is 82.8. The van der Waals surface area contributed by atoms with Crippen LogP contribution in [0.3, 0.4) is 0 Å². The molecule has 5 nitrogen and oxygen atoms in total. The number of nitrogens with one attached hydrogen (secondary N) is 2. The normalized spacial score (nSPS) is 30.2. The Labute approximate surface area is 180 Å². The second-order valence-electron chi connectivity index (χ2n) is 8.94. The maximum Gasteiger partial charge on any atom is 0.416 e. The average Bonchev–Trinajstić information content (AvgIpc) is 3.22. The van der Waals surface area contributed by atoms with Crippen LogP contribution in [0.25, 0.3) is 0 Å². The number of aromatic nitrogens is 3. The van der Waals surface area contributed by atoms with Crippen LogP contribution in [0.2, 0.25) is 0 Å². The summed E-state index contributed by atoms with van der Waals surface area (Å²) in [6.45, 7) is 1.63. The van der Waals surface area contributed by atoms with Gasteiger partial charge in [0.05, 0.1) is 5.56 Å². The van der Waals surface area contributed by atoms with Crippen molar-refractivity contribution in [2.45, 2.75) is 56.0 Å². The molecule has 32 heavy (non-hydrogen) atoms. The molecule has 11 heteroatoms. The quantitative estimate of drug-likeness (QED) is 0.652. The highest BCUT2D eigenvalue weighted by Crippen LogP contribution is 2.47. The van der Waals surface area contributed by atoms with Crippen molar-refractivity contribution in [1.82, 2.24) is 20.1 Å². The van der Waals surface area contributed by atoms with E-state index in [0.29, 0.717) is 11.8 Å². The number of rotatable bonds is 3. The largest absolute Gasteiger partial charge is 0.416 e. The van der Waals surface area contributed by atoms with Gasteiger partial charge in [0, 0.05) is 12.0 Å². The maximum absolute atomic E-state index is 13.7. The summed E-state index contributed by atoms with van der Waals surface area (Å²) in [5, 5.41) is 10.7. The molecule has 2 N–H and O–H groups in total. The molecule has 1 aromatic carbocycles. The Kier molecular flexibility index (Phi) is 5.14. The topological polar surface area (TPSA) is 54.8 Å². The molecule has 5 rings (SSSR count). The third-order valence-corrected chi connectivity index (χ3v) is 7.05. The first-order valence-electron chi connectivity index (χ1n) is 10.8. The molecule has 1 aliphatic carbocycles. The van der Waals surface area contributed by atoms with Crippen molar-refractivity contribution in [1.29, 1.82) is 0 Å². The van der Waals surface area contributed by atoms with Crippen molar-refractivity contribution < 1.29 is 26.3 Å². The Bertz CT molecular complexity index is 968. The van der Waals surface area contributed by atoms with Gasteiger partial charge in [-0.25, -0.2) is 4.68 Å². The minimum Gasteiger partial charge on any atom is -0.350 e. The second kappa shape index (κ2) is 7.64. The van der Waals surface area contributed by atoms with Gasteiger partial charge in [0.1, 0.15) is 11.9 Å². The lowest BCUT2D eigenvalue weighted by molar-refractivity contribution is -0.175. The Morgan fingerprint density at radius 1 is 0.938 bits per heavy atom. The fraction of sp³-hybridized carbons (Fsp3) is 0.619. The van der Waals surface area contributed by atoms with Crippen LogP contribution in [0.4, 0.5) is 32.3 Å². The lowest BCUT2D eigenvalue weighted by Gasteiger charge is -2.31. The van der Waals surface area contributed by atoms with Crippen molar-refractivity contribution in [3.8, 4) is 0 Å². The molecule has 0 amide bonds. The number of halogens is 6. The summed E-state index contributed by atoms with van der Waals surface area (Å²) in [7, 11) is 0. The first kappa shape index (κ1) is 21.5. The monoisotopic (exact) mass is 459 g/mol. The highest BCUT2D eigenvalue weighted by molar-refractivity contribution is 5.39. The van der Waals surface area contributed by atoms with Crippen LogP contribution in [0.5, 0.6) is 0 Å². The van der Waals surface area contributed by atoms with Gasteiger partial charge >= 0.3 is 12.4 Å². The lowest BCUT2D eigenvalue weighted by Crippen LogP contribution is -2.45. The fourth-order valence-corrected chi connectivity index (χ4v) is 5.56. The molecule has 1 aromatic heterocycles. The summed E-state index contributed by atoms with van der Waals surface area (Å²) in [5.74, 6) is -0.267. The van der Waals surface area contributed by atoms with E-state index in [1.807, 2.05) is 0 Å². The van der Waals surface area contributed by atoms with Crippen LogP contribution in [0.1, 0.15) is 54.6 Å². The first-order valence-corrected chi connectivity index (χ1v) is 10.8. The van der Waals surface area contributed by atoms with E-state index in [4.69, 9.17) is 0 Å². The highest BCUT2D eigenvalue weighted by atomic mass is 19.4. The molecular weight excluding hydrogens is 436 g/mol. The second-order valence-corrected chi connectivity index (χ2v) is 8.94. The van der Waals surface area contributed by atoms with Crippen LogP contribution in [-0.4, -0.2) is 40.1 Å². The van der Waals surface area contributed by atoms with E-state index < -0.39 is 29.9 Å². The Balaban J connectivity index is 1.54. The van der Waals surface area contributed by atoms with E-state index in [0.717, 1.165) is 36.7 Å². The van der Waals surface area contributed by atoms with Gasteiger partial charge in [-0.1, -0.05) is 18.2 Å². The van der Waals surface area contributed by atoms with Gasteiger partial charge in [0.25, 0.3) is 0 Å². The van der Waals surface area contributed by atoms with Gasteiger partial charge in [-0.15, -0.1) is 5.10 Å². The predicted molar refractivity (Wildman–Crippen MR) is 104 cm³/mol. The SMILES string of the molecule is FC(F)(F)c1ccccc1C1CCC(C(F)(F)F)n2nc(NC3C4CCC3CNC4)nc21. The zero-order valence-electron chi connectivity index (χ0n) is 17.0. The van der Waals surface area contributed by atoms with E-state index in [2.05, 4.69) is 20.7 Å². The van der Waals surface area contributed by atoms with E-state index in [9.17, 15) is 26.3 Å². The predicted octanol–water partition coefficient (Wildman–Crippen LogP) is 4.74. The minimum atomic E-state index is -4.61. The molecule has 4 unspecified atom stereocenters. The van der Waals surface area contributed by atoms with Gasteiger partial charge in [-0.2, -0.15) is 31.3 Å². The van der Waals surface area contributed by atoms with E-state index in [1.165, 1.54) is 18.2 Å². The maximum atomic E-state index is 13.7. The Morgan fingerprint density at radius 3 is 2.28 bits per heavy atom. The Morgan fingerprint density at radius 2 is 1.62 bits per heavy atom. The van der Waals surface area contributed by atoms with Crippen molar-refractivity contribution in [3.63, 3.8) is 0 Å². The number of anilines is 1. The average molecular weight is 459 g/mol. The summed E-state index contributed by atoms with van der Waals surface area (Å²) in [5.41, 5.74) is -0.918. The van der Waals surface area contributed by atoms with Gasteiger partial charge in [-0.05, 0) is 62.2 Å². The van der Waals surface area contributed by atoms with Gasteiger partial charge in [0.2, 0.25) is 5.95 Å². The molecule has 3 aliphatic rings. The van der Waals surface area contributed by atoms with Crippen LogP contribution >= 0.6 is 0 Å².